The van der Waals surface area contributed by atoms with E-state index < -0.39 is 0 Å². The molecule has 3 rings (SSSR count). The summed E-state index contributed by atoms with van der Waals surface area (Å²) < 4.78 is 0. The van der Waals surface area contributed by atoms with Crippen LogP contribution in [0.5, 0.6) is 0 Å². The summed E-state index contributed by atoms with van der Waals surface area (Å²) in [6.45, 7) is 4.01. The van der Waals surface area contributed by atoms with Crippen LogP contribution in [0.2, 0.25) is 0 Å². The number of nitrogens with zero attached hydrogens (tertiary/aromatic N) is 1. The molecule has 1 aromatic carbocycles. The van der Waals surface area contributed by atoms with Crippen LogP contribution in [0.15, 0.2) is 29.4 Å². The molecule has 2 fully saturated rings. The van der Waals surface area contributed by atoms with Gasteiger partial charge in [0.05, 0.1) is 0 Å². The molecule has 4 atom stereocenters. The number of nitrogens with one attached hydrogen (secondary N) is 1. The van der Waals surface area contributed by atoms with E-state index >= 15 is 0 Å². The maximum absolute atomic E-state index is 12.0. The quantitative estimate of drug-likeness (QED) is 0.478. The highest BCUT2D eigenvalue weighted by Crippen LogP contribution is 2.49. The van der Waals surface area contributed by atoms with Crippen molar-refractivity contribution < 1.29 is 9.63 Å². The molecule has 0 heterocycles. The minimum atomic E-state index is -0.134. The molecule has 5 nitrogen and oxygen atoms in total. The van der Waals surface area contributed by atoms with Gasteiger partial charge in [-0.15, -0.1) is 0 Å². The Kier molecular flexibility index (Phi) is 5.07. The lowest BCUT2D eigenvalue weighted by atomic mass is 9.84. The molecule has 2 bridgehead atoms. The minimum absolute atomic E-state index is 0.0995. The summed E-state index contributed by atoms with van der Waals surface area (Å²) in [5.41, 5.74) is 7.81. The van der Waals surface area contributed by atoms with E-state index in [9.17, 15) is 4.79 Å². The number of hydrogen-bond donors (Lipinski definition) is 2. The van der Waals surface area contributed by atoms with Gasteiger partial charge < -0.3 is 15.9 Å². The lowest BCUT2D eigenvalue weighted by Gasteiger charge is -2.28. The number of aryl methyl sites for hydroxylation is 1. The standard InChI is InChI=1S/C19H27N3O2/c1-12-3-6-15(7-4-12)19(20)22-24-11-18(23)21-13(2)17-10-14-5-8-16(17)9-14/h3-4,6-7,13-14,16-17H,5,8-11H2,1-2H3,(H2,20,22)(H,21,23)/t13-,14+,16+,17-/m1/s1. The topological polar surface area (TPSA) is 76.7 Å². The summed E-state index contributed by atoms with van der Waals surface area (Å²) in [7, 11) is 0. The molecule has 2 saturated carbocycles. The van der Waals surface area contributed by atoms with Crippen molar-refractivity contribution in [3.63, 3.8) is 0 Å². The molecule has 5 heteroatoms. The number of fused-ring (bicyclic) bond motifs is 2. The summed E-state index contributed by atoms with van der Waals surface area (Å²) >= 11 is 0. The third-order valence-electron chi connectivity index (χ3n) is 5.53. The molecule has 0 saturated heterocycles. The van der Waals surface area contributed by atoms with Crippen LogP contribution >= 0.6 is 0 Å². The fourth-order valence-corrected chi connectivity index (χ4v) is 4.25. The Morgan fingerprint density at radius 3 is 2.71 bits per heavy atom. The normalized spacial score (nSPS) is 27.1. The van der Waals surface area contributed by atoms with Crippen molar-refractivity contribution in [2.75, 3.05) is 6.61 Å². The number of amidine groups is 1. The van der Waals surface area contributed by atoms with Crippen LogP contribution < -0.4 is 11.1 Å². The molecule has 24 heavy (non-hydrogen) atoms. The number of carbonyl (C=O) groups is 1. The zero-order valence-corrected chi connectivity index (χ0v) is 14.5. The average molecular weight is 329 g/mol. The van der Waals surface area contributed by atoms with Crippen LogP contribution in [-0.4, -0.2) is 24.4 Å². The molecule has 2 aliphatic carbocycles. The molecule has 1 amide bonds. The van der Waals surface area contributed by atoms with E-state index in [2.05, 4.69) is 17.4 Å². The van der Waals surface area contributed by atoms with Gasteiger partial charge >= 0.3 is 0 Å². The number of rotatable bonds is 6. The van der Waals surface area contributed by atoms with Gasteiger partial charge in [0, 0.05) is 11.6 Å². The van der Waals surface area contributed by atoms with Crippen LogP contribution in [0.3, 0.4) is 0 Å². The van der Waals surface area contributed by atoms with Crippen LogP contribution in [0.25, 0.3) is 0 Å². The van der Waals surface area contributed by atoms with E-state index in [-0.39, 0.29) is 24.4 Å². The Morgan fingerprint density at radius 2 is 2.08 bits per heavy atom. The first-order chi connectivity index (χ1) is 11.5. The van der Waals surface area contributed by atoms with Crippen molar-refractivity contribution in [3.05, 3.63) is 35.4 Å². The van der Waals surface area contributed by atoms with Gasteiger partial charge in [-0.2, -0.15) is 0 Å². The Morgan fingerprint density at radius 1 is 1.33 bits per heavy atom. The minimum Gasteiger partial charge on any atom is -0.384 e. The van der Waals surface area contributed by atoms with Gasteiger partial charge in [-0.05, 0) is 50.9 Å². The highest BCUT2D eigenvalue weighted by molar-refractivity contribution is 5.97. The molecule has 3 N–H and O–H groups in total. The van der Waals surface area contributed by atoms with Crippen LogP contribution in [0.1, 0.15) is 43.7 Å². The van der Waals surface area contributed by atoms with Gasteiger partial charge in [0.1, 0.15) is 0 Å². The highest BCUT2D eigenvalue weighted by Gasteiger charge is 2.42. The van der Waals surface area contributed by atoms with Gasteiger partial charge in [0.25, 0.3) is 5.91 Å². The maximum atomic E-state index is 12.0. The van der Waals surface area contributed by atoms with Crippen LogP contribution in [0, 0.1) is 24.7 Å². The van der Waals surface area contributed by atoms with Gasteiger partial charge in [-0.1, -0.05) is 41.4 Å². The smallest absolute Gasteiger partial charge is 0.260 e. The number of carbonyl (C=O) groups excluding carboxylic acids is 1. The van der Waals surface area contributed by atoms with Gasteiger partial charge in [-0.25, -0.2) is 0 Å². The SMILES string of the molecule is Cc1ccc(/C(N)=N\OCC(=O)N[C@H](C)[C@H]2C[C@H]3CC[C@H]2C3)cc1. The fraction of sp³-hybridized carbons (Fsp3) is 0.579. The second-order valence-electron chi connectivity index (χ2n) is 7.31. The first-order valence-electron chi connectivity index (χ1n) is 8.84. The molecule has 2 aliphatic rings. The maximum Gasteiger partial charge on any atom is 0.260 e. The van der Waals surface area contributed by atoms with E-state index in [0.717, 1.165) is 23.0 Å². The molecule has 0 spiro atoms. The number of hydrogen-bond acceptors (Lipinski definition) is 3. The number of benzene rings is 1. The van der Waals surface area contributed by atoms with Crippen molar-refractivity contribution in [2.45, 2.75) is 45.6 Å². The molecule has 0 aliphatic heterocycles. The van der Waals surface area contributed by atoms with Crippen molar-refractivity contribution >= 4 is 11.7 Å². The van der Waals surface area contributed by atoms with E-state index in [1.807, 2.05) is 31.2 Å². The molecule has 130 valence electrons. The summed E-state index contributed by atoms with van der Waals surface area (Å²) in [6.07, 6.45) is 5.30. The average Bonchev–Trinajstić information content (AvgIpc) is 3.18. The Hall–Kier alpha value is -2.04. The lowest BCUT2D eigenvalue weighted by molar-refractivity contribution is -0.126. The molecular formula is C19H27N3O2. The lowest BCUT2D eigenvalue weighted by Crippen LogP contribution is -2.41. The van der Waals surface area contributed by atoms with Crippen molar-refractivity contribution in [1.82, 2.24) is 5.32 Å². The fourth-order valence-electron chi connectivity index (χ4n) is 4.25. The number of nitrogens with two attached hydrogens (primary N) is 1. The Balaban J connectivity index is 1.43. The summed E-state index contributed by atoms with van der Waals surface area (Å²) in [6, 6.07) is 7.89. The van der Waals surface area contributed by atoms with E-state index in [1.54, 1.807) is 0 Å². The number of oxime groups is 1. The first kappa shape index (κ1) is 16.8. The Bertz CT molecular complexity index is 612. The van der Waals surface area contributed by atoms with Gasteiger partial charge in [0.2, 0.25) is 0 Å². The Labute approximate surface area is 143 Å². The van der Waals surface area contributed by atoms with E-state index in [4.69, 9.17) is 10.6 Å². The molecule has 0 aromatic heterocycles. The number of amides is 1. The van der Waals surface area contributed by atoms with E-state index in [0.29, 0.717) is 5.92 Å². The second-order valence-corrected chi connectivity index (χ2v) is 7.31. The van der Waals surface area contributed by atoms with Crippen molar-refractivity contribution in [2.24, 2.45) is 28.6 Å². The molecular weight excluding hydrogens is 302 g/mol. The zero-order chi connectivity index (χ0) is 17.1. The third kappa shape index (κ3) is 3.89. The summed E-state index contributed by atoms with van der Waals surface area (Å²) in [5.74, 6) is 2.44. The summed E-state index contributed by atoms with van der Waals surface area (Å²) in [5, 5.41) is 6.89. The van der Waals surface area contributed by atoms with E-state index in [1.165, 1.54) is 25.7 Å². The third-order valence-corrected chi connectivity index (χ3v) is 5.53. The van der Waals surface area contributed by atoms with Crippen molar-refractivity contribution in [3.8, 4) is 0 Å². The monoisotopic (exact) mass is 329 g/mol. The largest absolute Gasteiger partial charge is 0.384 e. The molecule has 1 aromatic rings. The van der Waals surface area contributed by atoms with Crippen LogP contribution in [-0.2, 0) is 9.63 Å². The molecule has 0 radical (unpaired) electrons. The second kappa shape index (κ2) is 7.24. The van der Waals surface area contributed by atoms with Crippen molar-refractivity contribution in [1.29, 1.82) is 0 Å². The predicted molar refractivity (Wildman–Crippen MR) is 94.4 cm³/mol. The molecule has 0 unspecified atom stereocenters. The zero-order valence-electron chi connectivity index (χ0n) is 14.5. The summed E-state index contributed by atoms with van der Waals surface area (Å²) in [4.78, 5) is 17.2. The van der Waals surface area contributed by atoms with Gasteiger partial charge in [-0.3, -0.25) is 4.79 Å². The highest BCUT2D eigenvalue weighted by atomic mass is 16.6. The first-order valence-corrected chi connectivity index (χ1v) is 8.84. The van der Waals surface area contributed by atoms with Gasteiger partial charge in [0.15, 0.2) is 12.4 Å². The van der Waals surface area contributed by atoms with Crippen LogP contribution in [0.4, 0.5) is 0 Å². The predicted octanol–water partition coefficient (Wildman–Crippen LogP) is 2.57.